The van der Waals surface area contributed by atoms with Gasteiger partial charge in [-0.3, -0.25) is 15.0 Å². The molecule has 0 saturated carbocycles. The Kier molecular flexibility index (Phi) is 10.3. The second-order valence-corrected chi connectivity index (χ2v) is 9.06. The number of pyridine rings is 1. The number of carbonyl (C=O) groups is 2. The van der Waals surface area contributed by atoms with E-state index in [1.165, 1.54) is 12.1 Å². The first-order valence-corrected chi connectivity index (χ1v) is 13.1. The van der Waals surface area contributed by atoms with Gasteiger partial charge in [-0.1, -0.05) is 25.0 Å². The number of unbranched alkanes of at least 4 members (excludes halogenated alkanes) is 3. The number of rotatable bonds is 13. The number of amides is 3. The topological polar surface area (TPSA) is 131 Å². The van der Waals surface area contributed by atoms with E-state index in [9.17, 15) is 14.0 Å². The van der Waals surface area contributed by atoms with E-state index in [0.29, 0.717) is 53.7 Å². The summed E-state index contributed by atoms with van der Waals surface area (Å²) in [6.45, 7) is 0.475. The summed E-state index contributed by atoms with van der Waals surface area (Å²) in [6, 6.07) is 17.5. The summed E-state index contributed by atoms with van der Waals surface area (Å²) >= 11 is 0. The summed E-state index contributed by atoms with van der Waals surface area (Å²) in [6.07, 6.45) is 5.17. The minimum Gasteiger partial charge on any atom is -0.493 e. The largest absolute Gasteiger partial charge is 0.493 e. The van der Waals surface area contributed by atoms with E-state index >= 15 is 0 Å². The van der Waals surface area contributed by atoms with Crippen molar-refractivity contribution in [3.05, 3.63) is 78.7 Å². The average Bonchev–Trinajstić information content (AvgIpc) is 2.98. The molecule has 0 saturated heterocycles. The zero-order valence-electron chi connectivity index (χ0n) is 22.5. The third kappa shape index (κ3) is 8.29. The van der Waals surface area contributed by atoms with E-state index < -0.39 is 11.8 Å². The molecule has 1 heterocycles. The number of carbonyl (C=O) groups excluding carboxylic acids is 2. The Morgan fingerprint density at radius 1 is 0.902 bits per heavy atom. The first-order valence-electron chi connectivity index (χ1n) is 13.1. The molecule has 3 amide bonds. The summed E-state index contributed by atoms with van der Waals surface area (Å²) in [5.41, 5.74) is 2.88. The van der Waals surface area contributed by atoms with E-state index in [0.717, 1.165) is 24.6 Å². The number of nitrogens with one attached hydrogen (secondary N) is 3. The van der Waals surface area contributed by atoms with Crippen LogP contribution >= 0.6 is 0 Å². The number of aromatic nitrogens is 1. The summed E-state index contributed by atoms with van der Waals surface area (Å²) in [5, 5.41) is 14.4. The highest BCUT2D eigenvalue weighted by Gasteiger charge is 2.13. The van der Waals surface area contributed by atoms with Crippen LogP contribution in [0.3, 0.4) is 0 Å². The van der Waals surface area contributed by atoms with Crippen LogP contribution in [-0.4, -0.2) is 35.8 Å². The van der Waals surface area contributed by atoms with Crippen LogP contribution in [0.1, 0.15) is 32.1 Å². The van der Waals surface area contributed by atoms with Crippen molar-refractivity contribution in [2.45, 2.75) is 32.1 Å². The maximum absolute atomic E-state index is 13.8. The van der Waals surface area contributed by atoms with Gasteiger partial charge in [0.1, 0.15) is 17.3 Å². The fourth-order valence-electron chi connectivity index (χ4n) is 4.05. The van der Waals surface area contributed by atoms with Crippen LogP contribution in [0.2, 0.25) is 0 Å². The van der Waals surface area contributed by atoms with Crippen LogP contribution in [-0.2, 0) is 4.79 Å². The number of urea groups is 1. The maximum Gasteiger partial charge on any atom is 0.323 e. The minimum atomic E-state index is -0.568. The lowest BCUT2D eigenvalue weighted by Crippen LogP contribution is -2.19. The van der Waals surface area contributed by atoms with Gasteiger partial charge < -0.3 is 24.8 Å². The molecular formula is C30H31FN4O6. The molecule has 0 radical (unpaired) electrons. The molecule has 0 atom stereocenters. The third-order valence-electron chi connectivity index (χ3n) is 6.13. The highest BCUT2D eigenvalue weighted by atomic mass is 19.1. The molecule has 4 rings (SSSR count). The Balaban J connectivity index is 1.35. The number of nitrogens with zero attached hydrogens (tertiary/aromatic N) is 1. The SMILES string of the molecule is COc1cc2c(Oc3ccc(NC(=O)Nc4ccccc4F)cc3)ccnc2cc1OCCCCCCC(=O)NO. The van der Waals surface area contributed by atoms with Crippen LogP contribution in [0.25, 0.3) is 10.9 Å². The van der Waals surface area contributed by atoms with Crippen molar-refractivity contribution < 1.29 is 33.4 Å². The third-order valence-corrected chi connectivity index (χ3v) is 6.13. The van der Waals surface area contributed by atoms with Gasteiger partial charge in [-0.2, -0.15) is 0 Å². The Labute approximate surface area is 236 Å². The molecule has 11 heteroatoms. The maximum atomic E-state index is 13.8. The molecule has 0 bridgehead atoms. The number of fused-ring (bicyclic) bond motifs is 1. The summed E-state index contributed by atoms with van der Waals surface area (Å²) in [7, 11) is 1.56. The molecule has 0 aliphatic carbocycles. The van der Waals surface area contributed by atoms with Crippen LogP contribution in [0.15, 0.2) is 72.9 Å². The number of hydrogen-bond donors (Lipinski definition) is 4. The normalized spacial score (nSPS) is 10.6. The number of hydroxylamine groups is 1. The van der Waals surface area contributed by atoms with Gasteiger partial charge in [0.2, 0.25) is 5.91 Å². The van der Waals surface area contributed by atoms with Gasteiger partial charge in [-0.15, -0.1) is 0 Å². The Morgan fingerprint density at radius 2 is 1.68 bits per heavy atom. The van der Waals surface area contributed by atoms with E-state index in [4.69, 9.17) is 19.4 Å². The first kappa shape index (κ1) is 29.1. The van der Waals surface area contributed by atoms with Crippen molar-refractivity contribution in [2.24, 2.45) is 0 Å². The zero-order chi connectivity index (χ0) is 29.0. The summed E-state index contributed by atoms with van der Waals surface area (Å²) in [5.74, 6) is 1.29. The van der Waals surface area contributed by atoms with Crippen LogP contribution in [0.4, 0.5) is 20.6 Å². The number of anilines is 2. The van der Waals surface area contributed by atoms with Crippen molar-refractivity contribution in [3.63, 3.8) is 0 Å². The molecule has 0 spiro atoms. The quantitative estimate of drug-likeness (QED) is 0.0815. The smallest absolute Gasteiger partial charge is 0.323 e. The summed E-state index contributed by atoms with van der Waals surface area (Å²) < 4.78 is 31.4. The number of hydrogen-bond acceptors (Lipinski definition) is 7. The van der Waals surface area contributed by atoms with Gasteiger partial charge >= 0.3 is 6.03 Å². The molecule has 0 aliphatic heterocycles. The number of methoxy groups -OCH3 is 1. The fourth-order valence-corrected chi connectivity index (χ4v) is 4.05. The fraction of sp³-hybridized carbons (Fsp3) is 0.233. The lowest BCUT2D eigenvalue weighted by molar-refractivity contribution is -0.129. The standard InChI is InChI=1S/C30H31FN4O6/c1-39-27-18-22-25(19-28(27)40-17-7-3-2-4-10-29(36)35-38)32-16-15-26(22)41-21-13-11-20(12-14-21)33-30(37)34-24-9-6-5-8-23(24)31/h5-6,8-9,11-16,18-19,38H,2-4,7,10,17H2,1H3,(H,35,36)(H2,33,34,37). The van der Waals surface area contributed by atoms with Gasteiger partial charge in [0.25, 0.3) is 0 Å². The second kappa shape index (κ2) is 14.5. The van der Waals surface area contributed by atoms with Gasteiger partial charge in [0.05, 0.1) is 24.9 Å². The first-order chi connectivity index (χ1) is 20.0. The van der Waals surface area contributed by atoms with Crippen LogP contribution < -0.4 is 30.3 Å². The van der Waals surface area contributed by atoms with Gasteiger partial charge in [0, 0.05) is 29.8 Å². The molecule has 41 heavy (non-hydrogen) atoms. The molecule has 4 N–H and O–H groups in total. The predicted molar refractivity (Wildman–Crippen MR) is 152 cm³/mol. The highest BCUT2D eigenvalue weighted by molar-refractivity contribution is 5.99. The van der Waals surface area contributed by atoms with E-state index in [2.05, 4.69) is 15.6 Å². The Morgan fingerprint density at radius 3 is 2.44 bits per heavy atom. The predicted octanol–water partition coefficient (Wildman–Crippen LogP) is 6.65. The van der Waals surface area contributed by atoms with Crippen molar-refractivity contribution in [3.8, 4) is 23.0 Å². The lowest BCUT2D eigenvalue weighted by Gasteiger charge is -2.14. The molecule has 10 nitrogen and oxygen atoms in total. The summed E-state index contributed by atoms with van der Waals surface area (Å²) in [4.78, 5) is 27.7. The lowest BCUT2D eigenvalue weighted by atomic mass is 10.1. The molecule has 0 unspecified atom stereocenters. The van der Waals surface area contributed by atoms with E-state index in [-0.39, 0.29) is 11.6 Å². The molecule has 3 aromatic carbocycles. The molecular weight excluding hydrogens is 531 g/mol. The number of benzene rings is 3. The minimum absolute atomic E-state index is 0.0838. The van der Waals surface area contributed by atoms with Gasteiger partial charge in [-0.25, -0.2) is 14.7 Å². The van der Waals surface area contributed by atoms with Crippen LogP contribution in [0.5, 0.6) is 23.0 Å². The van der Waals surface area contributed by atoms with Crippen molar-refractivity contribution in [2.75, 3.05) is 24.4 Å². The Bertz CT molecular complexity index is 1480. The molecule has 0 aliphatic rings. The number of halogens is 1. The Hall–Kier alpha value is -4.90. The molecule has 0 fully saturated rings. The van der Waals surface area contributed by atoms with Crippen molar-refractivity contribution in [1.82, 2.24) is 10.5 Å². The van der Waals surface area contributed by atoms with Gasteiger partial charge in [-0.05, 0) is 61.4 Å². The van der Waals surface area contributed by atoms with Crippen molar-refractivity contribution in [1.29, 1.82) is 0 Å². The monoisotopic (exact) mass is 562 g/mol. The van der Waals surface area contributed by atoms with Gasteiger partial charge in [0.15, 0.2) is 11.5 Å². The van der Waals surface area contributed by atoms with E-state index in [1.54, 1.807) is 67.3 Å². The number of ether oxygens (including phenoxy) is 3. The van der Waals surface area contributed by atoms with Crippen molar-refractivity contribution >= 4 is 34.2 Å². The average molecular weight is 563 g/mol. The van der Waals surface area contributed by atoms with Crippen LogP contribution in [0, 0.1) is 5.82 Å². The highest BCUT2D eigenvalue weighted by Crippen LogP contribution is 2.37. The number of para-hydroxylation sites is 1. The second-order valence-electron chi connectivity index (χ2n) is 9.06. The molecule has 1 aromatic heterocycles. The molecule has 214 valence electrons. The van der Waals surface area contributed by atoms with E-state index in [1.807, 2.05) is 6.07 Å². The zero-order valence-corrected chi connectivity index (χ0v) is 22.5. The molecule has 4 aromatic rings.